The average Bonchev–Trinajstić information content (AvgIpc) is 2.63. The van der Waals surface area contributed by atoms with Gasteiger partial charge in [0.25, 0.3) is 0 Å². The van der Waals surface area contributed by atoms with Crippen LogP contribution in [0.3, 0.4) is 0 Å². The van der Waals surface area contributed by atoms with Gasteiger partial charge >= 0.3 is 12.1 Å². The molecule has 1 saturated carbocycles. The zero-order valence-electron chi connectivity index (χ0n) is 10.7. The fraction of sp³-hybridized carbons (Fsp3) is 0.833. The Labute approximate surface area is 102 Å². The molecule has 5 nitrogen and oxygen atoms in total. The molecular weight excluding hydrogens is 222 g/mol. The SMILES string of the molecule is CC(C)(C)OC(=O)N(CC(=O)O)C1CCCC1. The molecule has 1 amide bonds. The molecule has 0 unspecified atom stereocenters. The lowest BCUT2D eigenvalue weighted by Gasteiger charge is -2.30. The zero-order chi connectivity index (χ0) is 13.1. The van der Waals surface area contributed by atoms with Crippen molar-refractivity contribution < 1.29 is 19.4 Å². The van der Waals surface area contributed by atoms with Gasteiger partial charge < -0.3 is 9.84 Å². The first kappa shape index (κ1) is 13.8. The van der Waals surface area contributed by atoms with E-state index in [2.05, 4.69) is 0 Å². The van der Waals surface area contributed by atoms with Crippen LogP contribution >= 0.6 is 0 Å². The highest BCUT2D eigenvalue weighted by Crippen LogP contribution is 2.24. The Bertz CT molecular complexity index is 289. The van der Waals surface area contributed by atoms with Crippen molar-refractivity contribution in [2.45, 2.75) is 58.1 Å². The van der Waals surface area contributed by atoms with Crippen LogP contribution in [0.5, 0.6) is 0 Å². The molecule has 0 saturated heterocycles. The molecule has 1 aliphatic rings. The van der Waals surface area contributed by atoms with Crippen LogP contribution < -0.4 is 0 Å². The second kappa shape index (κ2) is 5.38. The van der Waals surface area contributed by atoms with Crippen molar-refractivity contribution >= 4 is 12.1 Å². The van der Waals surface area contributed by atoms with Gasteiger partial charge in [0, 0.05) is 6.04 Å². The first-order valence-corrected chi connectivity index (χ1v) is 6.01. The smallest absolute Gasteiger partial charge is 0.411 e. The van der Waals surface area contributed by atoms with Crippen LogP contribution in [0, 0.1) is 0 Å². The highest BCUT2D eigenvalue weighted by atomic mass is 16.6. The molecule has 0 aromatic heterocycles. The summed E-state index contributed by atoms with van der Waals surface area (Å²) in [5, 5.41) is 8.84. The Kier molecular flexibility index (Phi) is 4.37. The largest absolute Gasteiger partial charge is 0.480 e. The van der Waals surface area contributed by atoms with Crippen molar-refractivity contribution in [1.29, 1.82) is 0 Å². The van der Waals surface area contributed by atoms with Crippen LogP contribution in [-0.2, 0) is 9.53 Å². The first-order valence-electron chi connectivity index (χ1n) is 6.01. The maximum Gasteiger partial charge on any atom is 0.411 e. The van der Waals surface area contributed by atoms with Crippen LogP contribution in [0.25, 0.3) is 0 Å². The van der Waals surface area contributed by atoms with Crippen LogP contribution in [-0.4, -0.2) is 40.3 Å². The summed E-state index contributed by atoms with van der Waals surface area (Å²) in [7, 11) is 0. The van der Waals surface area contributed by atoms with Crippen LogP contribution in [0.15, 0.2) is 0 Å². The lowest BCUT2D eigenvalue weighted by atomic mass is 10.2. The van der Waals surface area contributed by atoms with E-state index < -0.39 is 17.7 Å². The third-order valence-electron chi connectivity index (χ3n) is 2.70. The van der Waals surface area contributed by atoms with E-state index in [0.29, 0.717) is 0 Å². The Balaban J connectivity index is 2.67. The van der Waals surface area contributed by atoms with E-state index in [1.54, 1.807) is 20.8 Å². The van der Waals surface area contributed by atoms with Gasteiger partial charge in [-0.2, -0.15) is 0 Å². The van der Waals surface area contributed by atoms with Crippen molar-refractivity contribution in [2.24, 2.45) is 0 Å². The normalized spacial score (nSPS) is 16.9. The number of amides is 1. The van der Waals surface area contributed by atoms with Gasteiger partial charge in [-0.1, -0.05) is 12.8 Å². The maximum absolute atomic E-state index is 11.9. The topological polar surface area (TPSA) is 66.8 Å². The number of aliphatic carboxylic acids is 1. The van der Waals surface area contributed by atoms with Crippen molar-refractivity contribution in [3.63, 3.8) is 0 Å². The number of hydrogen-bond acceptors (Lipinski definition) is 3. The van der Waals surface area contributed by atoms with E-state index in [-0.39, 0.29) is 12.6 Å². The molecule has 0 aliphatic heterocycles. The summed E-state index contributed by atoms with van der Waals surface area (Å²) in [6.45, 7) is 5.05. The Hall–Kier alpha value is -1.26. The van der Waals surface area contributed by atoms with Crippen LogP contribution in [0.1, 0.15) is 46.5 Å². The average molecular weight is 243 g/mol. The Morgan fingerprint density at radius 1 is 1.29 bits per heavy atom. The summed E-state index contributed by atoms with van der Waals surface area (Å²) in [5.41, 5.74) is -0.591. The fourth-order valence-corrected chi connectivity index (χ4v) is 2.02. The molecule has 0 aromatic rings. The summed E-state index contributed by atoms with van der Waals surface area (Å²) in [5.74, 6) is -0.997. The zero-order valence-corrected chi connectivity index (χ0v) is 10.7. The number of hydrogen-bond donors (Lipinski definition) is 1. The highest BCUT2D eigenvalue weighted by Gasteiger charge is 2.31. The lowest BCUT2D eigenvalue weighted by molar-refractivity contribution is -0.138. The molecular formula is C12H21NO4. The van der Waals surface area contributed by atoms with Gasteiger partial charge in [-0.3, -0.25) is 9.69 Å². The van der Waals surface area contributed by atoms with Crippen molar-refractivity contribution in [3.8, 4) is 0 Å². The molecule has 1 aliphatic carbocycles. The predicted octanol–water partition coefficient (Wildman–Crippen LogP) is 2.25. The van der Waals surface area contributed by atoms with Gasteiger partial charge in [-0.25, -0.2) is 4.79 Å². The summed E-state index contributed by atoms with van der Waals surface area (Å²) >= 11 is 0. The molecule has 0 radical (unpaired) electrons. The number of carbonyl (C=O) groups excluding carboxylic acids is 1. The molecule has 0 aromatic carbocycles. The quantitative estimate of drug-likeness (QED) is 0.825. The Morgan fingerprint density at radius 3 is 2.24 bits per heavy atom. The third-order valence-corrected chi connectivity index (χ3v) is 2.70. The van der Waals surface area contributed by atoms with Gasteiger partial charge in [-0.05, 0) is 33.6 Å². The number of nitrogens with zero attached hydrogens (tertiary/aromatic N) is 1. The minimum Gasteiger partial charge on any atom is -0.480 e. The molecule has 0 bridgehead atoms. The summed E-state index contributed by atoms with van der Waals surface area (Å²) in [4.78, 5) is 24.1. The van der Waals surface area contributed by atoms with Gasteiger partial charge in [0.1, 0.15) is 12.1 Å². The van der Waals surface area contributed by atoms with E-state index in [4.69, 9.17) is 9.84 Å². The van der Waals surface area contributed by atoms with E-state index in [0.717, 1.165) is 25.7 Å². The first-order chi connectivity index (χ1) is 7.79. The molecule has 1 fully saturated rings. The van der Waals surface area contributed by atoms with Crippen LogP contribution in [0.4, 0.5) is 4.79 Å². The van der Waals surface area contributed by atoms with Gasteiger partial charge in [0.05, 0.1) is 0 Å². The van der Waals surface area contributed by atoms with E-state index in [1.165, 1.54) is 4.90 Å². The molecule has 5 heteroatoms. The summed E-state index contributed by atoms with van der Waals surface area (Å²) in [6.07, 6.45) is 3.30. The second-order valence-electron chi connectivity index (χ2n) is 5.44. The Morgan fingerprint density at radius 2 is 1.82 bits per heavy atom. The third kappa shape index (κ3) is 4.63. The van der Waals surface area contributed by atoms with Crippen molar-refractivity contribution in [1.82, 2.24) is 4.90 Å². The van der Waals surface area contributed by atoms with Gasteiger partial charge in [-0.15, -0.1) is 0 Å². The van der Waals surface area contributed by atoms with Crippen LogP contribution in [0.2, 0.25) is 0 Å². The van der Waals surface area contributed by atoms with Crippen molar-refractivity contribution in [2.75, 3.05) is 6.54 Å². The lowest BCUT2D eigenvalue weighted by Crippen LogP contribution is -2.44. The number of carbonyl (C=O) groups is 2. The number of ether oxygens (including phenoxy) is 1. The molecule has 1 rings (SSSR count). The molecule has 0 heterocycles. The maximum atomic E-state index is 11.9. The van der Waals surface area contributed by atoms with Gasteiger partial charge in [0.2, 0.25) is 0 Å². The summed E-state index contributed by atoms with van der Waals surface area (Å²) < 4.78 is 5.24. The predicted molar refractivity (Wildman–Crippen MR) is 62.8 cm³/mol. The standard InChI is InChI=1S/C12H21NO4/c1-12(2,3)17-11(16)13(8-10(14)15)9-6-4-5-7-9/h9H,4-8H2,1-3H3,(H,14,15). The monoisotopic (exact) mass is 243 g/mol. The molecule has 0 spiro atoms. The van der Waals surface area contributed by atoms with Crippen molar-refractivity contribution in [3.05, 3.63) is 0 Å². The number of carboxylic acid groups (broad SMARTS) is 1. The van der Waals surface area contributed by atoms with E-state index in [1.807, 2.05) is 0 Å². The molecule has 17 heavy (non-hydrogen) atoms. The highest BCUT2D eigenvalue weighted by molar-refractivity contribution is 5.77. The molecule has 0 atom stereocenters. The minimum absolute atomic E-state index is 0.0148. The molecule has 1 N–H and O–H groups in total. The van der Waals surface area contributed by atoms with E-state index in [9.17, 15) is 9.59 Å². The van der Waals surface area contributed by atoms with E-state index >= 15 is 0 Å². The fourth-order valence-electron chi connectivity index (χ4n) is 2.02. The number of rotatable bonds is 3. The molecule has 98 valence electrons. The minimum atomic E-state index is -0.997. The summed E-state index contributed by atoms with van der Waals surface area (Å²) in [6, 6.07) is 0.0148. The number of carboxylic acids is 1. The second-order valence-corrected chi connectivity index (χ2v) is 5.44. The van der Waals surface area contributed by atoms with Gasteiger partial charge in [0.15, 0.2) is 0 Å².